The van der Waals surface area contributed by atoms with Crippen molar-refractivity contribution >= 4 is 11.3 Å². The third-order valence-electron chi connectivity index (χ3n) is 2.90. The third-order valence-corrected chi connectivity index (χ3v) is 3.79. The van der Waals surface area contributed by atoms with Crippen LogP contribution < -0.4 is 0 Å². The van der Waals surface area contributed by atoms with E-state index in [4.69, 9.17) is 5.26 Å². The van der Waals surface area contributed by atoms with Crippen LogP contribution in [0, 0.1) is 23.0 Å². The Morgan fingerprint density at radius 3 is 2.48 bits per heavy atom. The molecule has 0 saturated heterocycles. The van der Waals surface area contributed by atoms with Crippen molar-refractivity contribution < 1.29 is 8.78 Å². The van der Waals surface area contributed by atoms with Gasteiger partial charge >= 0.3 is 0 Å². The number of hydrogen-bond acceptors (Lipinski definition) is 3. The van der Waals surface area contributed by atoms with Crippen LogP contribution in [-0.2, 0) is 0 Å². The lowest BCUT2D eigenvalue weighted by Gasteiger charge is -1.98. The van der Waals surface area contributed by atoms with Gasteiger partial charge in [0.2, 0.25) is 0 Å². The molecule has 0 amide bonds. The Labute approximate surface area is 123 Å². The molecule has 0 aliphatic heterocycles. The molecule has 0 aliphatic rings. The molecule has 21 heavy (non-hydrogen) atoms. The van der Waals surface area contributed by atoms with Gasteiger partial charge in [-0.2, -0.15) is 5.26 Å². The van der Waals surface area contributed by atoms with E-state index in [1.54, 1.807) is 23.6 Å². The fourth-order valence-corrected chi connectivity index (χ4v) is 2.78. The van der Waals surface area contributed by atoms with Crippen LogP contribution >= 0.6 is 11.3 Å². The molecular weight excluding hydrogens is 290 g/mol. The Hall–Kier alpha value is -2.58. The zero-order chi connectivity index (χ0) is 14.8. The summed E-state index contributed by atoms with van der Waals surface area (Å²) in [4.78, 5) is 4.38. The van der Waals surface area contributed by atoms with Gasteiger partial charge < -0.3 is 0 Å². The van der Waals surface area contributed by atoms with Gasteiger partial charge in [0, 0.05) is 22.6 Å². The number of halogens is 2. The molecule has 2 nitrogen and oxygen atoms in total. The number of benzene rings is 2. The second kappa shape index (κ2) is 5.43. The Bertz CT molecular complexity index is 829. The average Bonchev–Trinajstić information content (AvgIpc) is 2.96. The molecule has 2 aromatic carbocycles. The summed E-state index contributed by atoms with van der Waals surface area (Å²) in [6.45, 7) is 0. The predicted molar refractivity (Wildman–Crippen MR) is 77.6 cm³/mol. The minimum atomic E-state index is -0.631. The quantitative estimate of drug-likeness (QED) is 0.691. The highest BCUT2D eigenvalue weighted by Crippen LogP contribution is 2.30. The summed E-state index contributed by atoms with van der Waals surface area (Å²) in [5, 5.41) is 11.2. The Morgan fingerprint density at radius 1 is 1.00 bits per heavy atom. The topological polar surface area (TPSA) is 36.7 Å². The van der Waals surface area contributed by atoms with Crippen molar-refractivity contribution in [3.63, 3.8) is 0 Å². The maximum Gasteiger partial charge on any atom is 0.126 e. The van der Waals surface area contributed by atoms with Gasteiger partial charge in [0.1, 0.15) is 16.6 Å². The van der Waals surface area contributed by atoms with E-state index in [1.165, 1.54) is 23.5 Å². The molecule has 102 valence electrons. The van der Waals surface area contributed by atoms with Crippen LogP contribution in [0.1, 0.15) is 5.56 Å². The first kappa shape index (κ1) is 13.4. The molecule has 0 atom stereocenters. The Kier molecular flexibility index (Phi) is 3.46. The first-order valence-corrected chi connectivity index (χ1v) is 6.96. The first-order valence-electron chi connectivity index (χ1n) is 6.08. The van der Waals surface area contributed by atoms with E-state index >= 15 is 0 Å². The van der Waals surface area contributed by atoms with Crippen LogP contribution in [0.3, 0.4) is 0 Å². The van der Waals surface area contributed by atoms with E-state index in [9.17, 15) is 8.78 Å². The van der Waals surface area contributed by atoms with Crippen molar-refractivity contribution in [2.45, 2.75) is 0 Å². The van der Waals surface area contributed by atoms with Crippen LogP contribution in [-0.4, -0.2) is 4.98 Å². The van der Waals surface area contributed by atoms with Gasteiger partial charge in [0.15, 0.2) is 0 Å². The highest BCUT2D eigenvalue weighted by atomic mass is 32.1. The monoisotopic (exact) mass is 298 g/mol. The smallest absolute Gasteiger partial charge is 0.126 e. The van der Waals surface area contributed by atoms with Gasteiger partial charge in [0.05, 0.1) is 17.3 Å². The number of thiazole rings is 1. The Morgan fingerprint density at radius 2 is 1.76 bits per heavy atom. The highest BCUT2D eigenvalue weighted by Gasteiger charge is 2.09. The van der Waals surface area contributed by atoms with Gasteiger partial charge in [-0.15, -0.1) is 11.3 Å². The van der Waals surface area contributed by atoms with Gasteiger partial charge in [0.25, 0.3) is 0 Å². The maximum atomic E-state index is 13.2. The summed E-state index contributed by atoms with van der Waals surface area (Å²) < 4.78 is 26.5. The molecule has 5 heteroatoms. The molecule has 3 aromatic rings. The van der Waals surface area contributed by atoms with Gasteiger partial charge in [-0.3, -0.25) is 0 Å². The first-order chi connectivity index (χ1) is 10.2. The number of nitrogens with zero attached hydrogens (tertiary/aromatic N) is 2. The maximum absolute atomic E-state index is 13.2. The molecule has 0 unspecified atom stereocenters. The highest BCUT2D eigenvalue weighted by molar-refractivity contribution is 7.13. The van der Waals surface area contributed by atoms with Gasteiger partial charge in [-0.1, -0.05) is 12.1 Å². The van der Waals surface area contributed by atoms with Crippen LogP contribution in [0.5, 0.6) is 0 Å². The SMILES string of the molecule is N#Cc1cccc(-c2csc(-c3cc(F)cc(F)c3)n2)c1. The zero-order valence-corrected chi connectivity index (χ0v) is 11.5. The molecule has 0 fully saturated rings. The minimum Gasteiger partial charge on any atom is -0.236 e. The van der Waals surface area contributed by atoms with Crippen molar-refractivity contribution in [3.05, 3.63) is 65.0 Å². The molecular formula is C16H8F2N2S. The van der Waals surface area contributed by atoms with Crippen LogP contribution in [0.15, 0.2) is 47.8 Å². The van der Waals surface area contributed by atoms with Crippen molar-refractivity contribution in [2.24, 2.45) is 0 Å². The molecule has 0 aliphatic carbocycles. The lowest BCUT2D eigenvalue weighted by Crippen LogP contribution is -1.84. The number of hydrogen-bond donors (Lipinski definition) is 0. The molecule has 1 heterocycles. The van der Waals surface area contributed by atoms with E-state index in [0.29, 0.717) is 21.8 Å². The summed E-state index contributed by atoms with van der Waals surface area (Å²) in [5.74, 6) is -1.26. The van der Waals surface area contributed by atoms with Crippen LogP contribution in [0.4, 0.5) is 8.78 Å². The van der Waals surface area contributed by atoms with E-state index in [0.717, 1.165) is 11.6 Å². The van der Waals surface area contributed by atoms with E-state index in [1.807, 2.05) is 6.07 Å². The molecule has 0 spiro atoms. The second-order valence-corrected chi connectivity index (χ2v) is 5.25. The zero-order valence-electron chi connectivity index (χ0n) is 10.7. The van der Waals surface area contributed by atoms with Crippen molar-refractivity contribution in [2.75, 3.05) is 0 Å². The molecule has 1 aromatic heterocycles. The van der Waals surface area contributed by atoms with Gasteiger partial charge in [-0.25, -0.2) is 13.8 Å². The second-order valence-electron chi connectivity index (χ2n) is 4.39. The average molecular weight is 298 g/mol. The van der Waals surface area contributed by atoms with Gasteiger partial charge in [-0.05, 0) is 24.3 Å². The number of nitriles is 1. The van der Waals surface area contributed by atoms with Crippen molar-refractivity contribution in [3.8, 4) is 27.9 Å². The normalized spacial score (nSPS) is 10.3. The van der Waals surface area contributed by atoms with E-state index < -0.39 is 11.6 Å². The van der Waals surface area contributed by atoms with E-state index in [-0.39, 0.29) is 0 Å². The van der Waals surface area contributed by atoms with Crippen molar-refractivity contribution in [1.82, 2.24) is 4.98 Å². The molecule has 0 saturated carbocycles. The third kappa shape index (κ3) is 2.81. The minimum absolute atomic E-state index is 0.403. The fraction of sp³-hybridized carbons (Fsp3) is 0. The summed E-state index contributed by atoms with van der Waals surface area (Å²) in [5.41, 5.74) is 2.42. The molecule has 3 rings (SSSR count). The predicted octanol–water partition coefficient (Wildman–Crippen LogP) is 4.63. The molecule has 0 bridgehead atoms. The largest absolute Gasteiger partial charge is 0.236 e. The summed E-state index contributed by atoms with van der Waals surface area (Å²) in [7, 11) is 0. The fourth-order valence-electron chi connectivity index (χ4n) is 1.96. The molecule has 0 radical (unpaired) electrons. The lowest BCUT2D eigenvalue weighted by molar-refractivity contribution is 0.584. The number of rotatable bonds is 2. The summed E-state index contributed by atoms with van der Waals surface area (Å²) >= 11 is 1.30. The summed E-state index contributed by atoms with van der Waals surface area (Å²) in [6, 6.07) is 12.4. The Balaban J connectivity index is 2.01. The summed E-state index contributed by atoms with van der Waals surface area (Å²) in [6.07, 6.45) is 0. The number of aromatic nitrogens is 1. The van der Waals surface area contributed by atoms with Crippen molar-refractivity contribution in [1.29, 1.82) is 5.26 Å². The van der Waals surface area contributed by atoms with Crippen LogP contribution in [0.25, 0.3) is 21.8 Å². The van der Waals surface area contributed by atoms with Crippen LogP contribution in [0.2, 0.25) is 0 Å². The lowest BCUT2D eigenvalue weighted by atomic mass is 10.1. The molecule has 0 N–H and O–H groups in total. The standard InChI is InChI=1S/C16H8F2N2S/c17-13-5-12(6-14(18)7-13)16-20-15(9-21-16)11-3-1-2-10(4-11)8-19/h1-7,9H. The van der Waals surface area contributed by atoms with E-state index in [2.05, 4.69) is 11.1 Å².